The third-order valence-electron chi connectivity index (χ3n) is 2.58. The molecule has 1 heterocycles. The minimum absolute atomic E-state index is 0.121. The summed E-state index contributed by atoms with van der Waals surface area (Å²) < 4.78 is 52.7. The molecule has 0 spiro atoms. The zero-order valence-corrected chi connectivity index (χ0v) is 13.7. The molecular formula is C16H22F4N2. The standard InChI is InChI=1S/C12H10F4N2.2C2H6/c1-7-3-4-8(5-10(7)13)9-6-18(2)17-11(9)12(14,15)16;2*1-2/h3-6H,1-2H3;2*1-2H3. The van der Waals surface area contributed by atoms with Gasteiger partial charge in [-0.1, -0.05) is 39.8 Å². The number of rotatable bonds is 1. The number of hydrogen-bond acceptors (Lipinski definition) is 1. The highest BCUT2D eigenvalue weighted by molar-refractivity contribution is 5.66. The smallest absolute Gasteiger partial charge is 0.275 e. The van der Waals surface area contributed by atoms with E-state index in [1.165, 1.54) is 25.4 Å². The third kappa shape index (κ3) is 4.86. The third-order valence-corrected chi connectivity index (χ3v) is 2.58. The molecule has 0 fully saturated rings. The van der Waals surface area contributed by atoms with Gasteiger partial charge in [-0.2, -0.15) is 18.3 Å². The Morgan fingerprint density at radius 1 is 1.05 bits per heavy atom. The van der Waals surface area contributed by atoms with Crippen molar-refractivity contribution >= 4 is 0 Å². The van der Waals surface area contributed by atoms with E-state index < -0.39 is 17.7 Å². The van der Waals surface area contributed by atoms with Gasteiger partial charge in [-0.3, -0.25) is 4.68 Å². The number of alkyl halides is 3. The number of nitrogens with zero attached hydrogens (tertiary/aromatic N) is 2. The van der Waals surface area contributed by atoms with Crippen LogP contribution in [0, 0.1) is 12.7 Å². The molecule has 0 amide bonds. The Labute approximate surface area is 128 Å². The van der Waals surface area contributed by atoms with Crippen molar-refractivity contribution in [2.24, 2.45) is 7.05 Å². The summed E-state index contributed by atoms with van der Waals surface area (Å²) in [5.41, 5.74) is -0.577. The normalized spacial score (nSPS) is 10.3. The highest BCUT2D eigenvalue weighted by Gasteiger charge is 2.37. The summed E-state index contributed by atoms with van der Waals surface area (Å²) in [4.78, 5) is 0. The van der Waals surface area contributed by atoms with Gasteiger partial charge in [-0.15, -0.1) is 0 Å². The van der Waals surface area contributed by atoms with Crippen molar-refractivity contribution in [2.45, 2.75) is 40.8 Å². The first-order valence-corrected chi connectivity index (χ1v) is 7.16. The van der Waals surface area contributed by atoms with Crippen molar-refractivity contribution in [3.05, 3.63) is 41.5 Å². The molecule has 22 heavy (non-hydrogen) atoms. The minimum Gasteiger partial charge on any atom is -0.275 e. The van der Waals surface area contributed by atoms with Crippen LogP contribution in [0.3, 0.4) is 0 Å². The van der Waals surface area contributed by atoms with Crippen LogP contribution in [0.4, 0.5) is 17.6 Å². The van der Waals surface area contributed by atoms with Crippen molar-refractivity contribution in [1.82, 2.24) is 9.78 Å². The van der Waals surface area contributed by atoms with Gasteiger partial charge in [-0.25, -0.2) is 4.39 Å². The SMILES string of the molecule is CC.CC.Cc1ccc(-c2cn(C)nc2C(F)(F)F)cc1F. The lowest BCUT2D eigenvalue weighted by Crippen LogP contribution is -2.08. The average Bonchev–Trinajstić information content (AvgIpc) is 2.88. The Kier molecular flexibility index (Phi) is 7.84. The topological polar surface area (TPSA) is 17.8 Å². The average molecular weight is 318 g/mol. The fraction of sp³-hybridized carbons (Fsp3) is 0.438. The zero-order chi connectivity index (χ0) is 17.5. The maximum absolute atomic E-state index is 13.4. The molecule has 1 aromatic carbocycles. The highest BCUT2D eigenvalue weighted by atomic mass is 19.4. The lowest BCUT2D eigenvalue weighted by atomic mass is 10.0. The van der Waals surface area contributed by atoms with Crippen LogP contribution in [0.25, 0.3) is 11.1 Å². The Bertz CT molecular complexity index is 586. The number of aryl methyl sites for hydroxylation is 2. The number of halogens is 4. The molecule has 0 radical (unpaired) electrons. The van der Waals surface area contributed by atoms with Crippen LogP contribution < -0.4 is 0 Å². The van der Waals surface area contributed by atoms with Crippen LogP contribution in [0.5, 0.6) is 0 Å². The summed E-state index contributed by atoms with van der Waals surface area (Å²) in [6, 6.07) is 3.98. The molecule has 6 heteroatoms. The molecule has 1 aromatic heterocycles. The number of benzene rings is 1. The van der Waals surface area contributed by atoms with E-state index in [-0.39, 0.29) is 11.1 Å². The molecule has 0 N–H and O–H groups in total. The Hall–Kier alpha value is -1.85. The largest absolute Gasteiger partial charge is 0.435 e. The van der Waals surface area contributed by atoms with Gasteiger partial charge in [-0.05, 0) is 24.1 Å². The molecule has 124 valence electrons. The first kappa shape index (κ1) is 20.1. The molecule has 0 atom stereocenters. The van der Waals surface area contributed by atoms with Crippen molar-refractivity contribution < 1.29 is 17.6 Å². The summed E-state index contributed by atoms with van der Waals surface area (Å²) in [6.45, 7) is 9.55. The van der Waals surface area contributed by atoms with Gasteiger partial charge >= 0.3 is 6.18 Å². The van der Waals surface area contributed by atoms with Gasteiger partial charge in [0, 0.05) is 18.8 Å². The van der Waals surface area contributed by atoms with E-state index in [1.54, 1.807) is 6.92 Å². The lowest BCUT2D eigenvalue weighted by Gasteiger charge is -2.06. The highest BCUT2D eigenvalue weighted by Crippen LogP contribution is 2.36. The van der Waals surface area contributed by atoms with E-state index in [0.717, 1.165) is 10.7 Å². The second kappa shape index (κ2) is 8.56. The summed E-state index contributed by atoms with van der Waals surface area (Å²) in [5, 5.41) is 3.38. The molecule has 0 aliphatic rings. The fourth-order valence-corrected chi connectivity index (χ4v) is 1.67. The van der Waals surface area contributed by atoms with Gasteiger partial charge in [0.05, 0.1) is 0 Å². The summed E-state index contributed by atoms with van der Waals surface area (Å²) in [5.74, 6) is -0.538. The van der Waals surface area contributed by atoms with Crippen LogP contribution >= 0.6 is 0 Å². The zero-order valence-electron chi connectivity index (χ0n) is 13.7. The lowest BCUT2D eigenvalue weighted by molar-refractivity contribution is -0.140. The van der Waals surface area contributed by atoms with Gasteiger partial charge < -0.3 is 0 Å². The molecule has 2 aromatic rings. The maximum atomic E-state index is 13.4. The summed E-state index contributed by atoms with van der Waals surface area (Å²) in [7, 11) is 1.39. The quantitative estimate of drug-likeness (QED) is 0.625. The van der Waals surface area contributed by atoms with E-state index in [0.29, 0.717) is 5.56 Å². The van der Waals surface area contributed by atoms with Gasteiger partial charge in [0.2, 0.25) is 0 Å². The monoisotopic (exact) mass is 318 g/mol. The Morgan fingerprint density at radius 2 is 1.59 bits per heavy atom. The molecule has 0 saturated heterocycles. The van der Waals surface area contributed by atoms with Crippen LogP contribution in [-0.2, 0) is 13.2 Å². The fourth-order valence-electron chi connectivity index (χ4n) is 1.67. The van der Waals surface area contributed by atoms with Crippen molar-refractivity contribution in [1.29, 1.82) is 0 Å². The van der Waals surface area contributed by atoms with Gasteiger partial charge in [0.25, 0.3) is 0 Å². The second-order valence-electron chi connectivity index (χ2n) is 4.03. The van der Waals surface area contributed by atoms with Crippen molar-refractivity contribution in [3.8, 4) is 11.1 Å². The van der Waals surface area contributed by atoms with Crippen molar-refractivity contribution in [2.75, 3.05) is 0 Å². The molecule has 0 saturated carbocycles. The van der Waals surface area contributed by atoms with E-state index >= 15 is 0 Å². The number of hydrogen-bond donors (Lipinski definition) is 0. The molecule has 2 nitrogen and oxygen atoms in total. The number of aromatic nitrogens is 2. The summed E-state index contributed by atoms with van der Waals surface area (Å²) >= 11 is 0. The van der Waals surface area contributed by atoms with E-state index in [2.05, 4.69) is 5.10 Å². The van der Waals surface area contributed by atoms with Crippen LogP contribution in [-0.4, -0.2) is 9.78 Å². The predicted octanol–water partition coefficient (Wildman–Crippen LogP) is 5.61. The molecular weight excluding hydrogens is 296 g/mol. The van der Waals surface area contributed by atoms with E-state index in [4.69, 9.17) is 0 Å². The first-order chi connectivity index (χ1) is 10.3. The van der Waals surface area contributed by atoms with E-state index in [1.807, 2.05) is 27.7 Å². The Morgan fingerprint density at radius 3 is 2.05 bits per heavy atom. The van der Waals surface area contributed by atoms with Gasteiger partial charge in [0.1, 0.15) is 5.82 Å². The molecule has 0 unspecified atom stereocenters. The summed E-state index contributed by atoms with van der Waals surface area (Å²) in [6.07, 6.45) is -3.33. The molecule has 0 aliphatic heterocycles. The first-order valence-electron chi connectivity index (χ1n) is 7.16. The molecule has 0 aliphatic carbocycles. The Balaban J connectivity index is 0.00000102. The van der Waals surface area contributed by atoms with Gasteiger partial charge in [0.15, 0.2) is 5.69 Å². The minimum atomic E-state index is -4.56. The van der Waals surface area contributed by atoms with Crippen LogP contribution in [0.2, 0.25) is 0 Å². The maximum Gasteiger partial charge on any atom is 0.435 e. The predicted molar refractivity (Wildman–Crippen MR) is 81.0 cm³/mol. The van der Waals surface area contributed by atoms with Crippen LogP contribution in [0.15, 0.2) is 24.4 Å². The molecule has 2 rings (SSSR count). The second-order valence-corrected chi connectivity index (χ2v) is 4.03. The van der Waals surface area contributed by atoms with Crippen LogP contribution in [0.1, 0.15) is 39.0 Å². The van der Waals surface area contributed by atoms with E-state index in [9.17, 15) is 17.6 Å². The molecule has 0 bridgehead atoms. The van der Waals surface area contributed by atoms with Crippen molar-refractivity contribution in [3.63, 3.8) is 0 Å².